The summed E-state index contributed by atoms with van der Waals surface area (Å²) in [6.07, 6.45) is 3.10. The number of rotatable bonds is 6. The zero-order valence-electron chi connectivity index (χ0n) is 15.5. The molecule has 0 fully saturated rings. The lowest BCUT2D eigenvalue weighted by Gasteiger charge is -2.02. The van der Waals surface area contributed by atoms with Gasteiger partial charge in [-0.1, -0.05) is 12.1 Å². The standard InChI is InChI=1S/C21H16N2O6/c1-13-2-7-18-15(11-27-19(18)8-13)9-20(24)28-12-17-10-22-21(29-17)14-3-5-16(6-4-14)23(25)26/h2-8,10-11H,9,12H2,1H3. The number of nitro groups is 1. The van der Waals surface area contributed by atoms with E-state index >= 15 is 0 Å². The Bertz CT molecular complexity index is 1190. The van der Waals surface area contributed by atoms with Crippen LogP contribution in [-0.4, -0.2) is 15.9 Å². The Labute approximate surface area is 164 Å². The molecule has 0 unspecified atom stereocenters. The van der Waals surface area contributed by atoms with E-state index in [0.717, 1.165) is 22.1 Å². The Kier molecular flexibility index (Phi) is 4.82. The molecule has 146 valence electrons. The van der Waals surface area contributed by atoms with E-state index in [9.17, 15) is 14.9 Å². The minimum Gasteiger partial charge on any atom is -0.464 e. The highest BCUT2D eigenvalue weighted by Crippen LogP contribution is 2.24. The Hall–Kier alpha value is -3.94. The van der Waals surface area contributed by atoms with Crippen LogP contribution in [0.2, 0.25) is 0 Å². The fourth-order valence-electron chi connectivity index (χ4n) is 2.92. The van der Waals surface area contributed by atoms with Crippen molar-refractivity contribution in [3.63, 3.8) is 0 Å². The number of hydrogen-bond donors (Lipinski definition) is 0. The summed E-state index contributed by atoms with van der Waals surface area (Å²) in [5.74, 6) is 0.253. The van der Waals surface area contributed by atoms with Crippen LogP contribution in [0.15, 0.2) is 63.8 Å². The smallest absolute Gasteiger partial charge is 0.310 e. The van der Waals surface area contributed by atoms with Crippen molar-refractivity contribution in [2.75, 3.05) is 0 Å². The molecule has 2 aromatic heterocycles. The predicted octanol–water partition coefficient (Wildman–Crippen LogP) is 4.59. The number of ether oxygens (including phenoxy) is 1. The highest BCUT2D eigenvalue weighted by atomic mass is 16.6. The van der Waals surface area contributed by atoms with Crippen molar-refractivity contribution < 1.29 is 23.3 Å². The number of nitrogens with zero attached hydrogens (tertiary/aromatic N) is 2. The summed E-state index contributed by atoms with van der Waals surface area (Å²) in [6, 6.07) is 11.6. The summed E-state index contributed by atoms with van der Waals surface area (Å²) in [5.41, 5.74) is 3.14. The van der Waals surface area contributed by atoms with Gasteiger partial charge in [0.25, 0.3) is 5.69 Å². The fourth-order valence-corrected chi connectivity index (χ4v) is 2.92. The molecular weight excluding hydrogens is 376 g/mol. The number of hydrogen-bond acceptors (Lipinski definition) is 7. The molecule has 0 N–H and O–H groups in total. The highest BCUT2D eigenvalue weighted by molar-refractivity contribution is 5.86. The molecule has 29 heavy (non-hydrogen) atoms. The fraction of sp³-hybridized carbons (Fsp3) is 0.143. The molecule has 0 saturated carbocycles. The van der Waals surface area contributed by atoms with Crippen molar-refractivity contribution in [2.45, 2.75) is 20.0 Å². The first kappa shape index (κ1) is 18.4. The molecule has 8 nitrogen and oxygen atoms in total. The van der Waals surface area contributed by atoms with Gasteiger partial charge in [0.2, 0.25) is 5.89 Å². The Morgan fingerprint density at radius 1 is 1.21 bits per heavy atom. The molecule has 8 heteroatoms. The molecule has 2 aromatic carbocycles. The Morgan fingerprint density at radius 2 is 2.00 bits per heavy atom. The van der Waals surface area contributed by atoms with Gasteiger partial charge in [0.15, 0.2) is 12.4 Å². The van der Waals surface area contributed by atoms with Crippen molar-refractivity contribution in [2.24, 2.45) is 0 Å². The molecule has 2 heterocycles. The molecule has 4 aromatic rings. The number of aromatic nitrogens is 1. The van der Waals surface area contributed by atoms with Gasteiger partial charge in [-0.05, 0) is 30.7 Å². The lowest BCUT2D eigenvalue weighted by molar-refractivity contribution is -0.384. The first-order valence-corrected chi connectivity index (χ1v) is 8.81. The molecule has 0 aliphatic rings. The van der Waals surface area contributed by atoms with E-state index in [1.54, 1.807) is 18.4 Å². The highest BCUT2D eigenvalue weighted by Gasteiger charge is 2.14. The third-order valence-corrected chi connectivity index (χ3v) is 4.40. The van der Waals surface area contributed by atoms with E-state index in [-0.39, 0.29) is 18.7 Å². The van der Waals surface area contributed by atoms with Crippen molar-refractivity contribution in [1.82, 2.24) is 4.98 Å². The average molecular weight is 392 g/mol. The van der Waals surface area contributed by atoms with Gasteiger partial charge in [-0.3, -0.25) is 14.9 Å². The molecule has 0 saturated heterocycles. The largest absolute Gasteiger partial charge is 0.464 e. The van der Waals surface area contributed by atoms with Crippen LogP contribution in [0, 0.1) is 17.0 Å². The van der Waals surface area contributed by atoms with Crippen LogP contribution in [0.3, 0.4) is 0 Å². The van der Waals surface area contributed by atoms with Gasteiger partial charge in [0.1, 0.15) is 5.58 Å². The molecule has 0 aliphatic heterocycles. The quantitative estimate of drug-likeness (QED) is 0.268. The number of oxazole rings is 1. The van der Waals surface area contributed by atoms with Crippen molar-refractivity contribution >= 4 is 22.6 Å². The predicted molar refractivity (Wildman–Crippen MR) is 103 cm³/mol. The number of carbonyl (C=O) groups excluding carboxylic acids is 1. The monoisotopic (exact) mass is 392 g/mol. The molecule has 4 rings (SSSR count). The molecule has 0 amide bonds. The number of benzene rings is 2. The molecular formula is C21H16N2O6. The summed E-state index contributed by atoms with van der Waals surface area (Å²) in [4.78, 5) is 26.5. The molecule has 0 atom stereocenters. The summed E-state index contributed by atoms with van der Waals surface area (Å²) in [5, 5.41) is 11.6. The topological polar surface area (TPSA) is 109 Å². The summed E-state index contributed by atoms with van der Waals surface area (Å²) in [7, 11) is 0. The first-order chi connectivity index (χ1) is 14.0. The summed E-state index contributed by atoms with van der Waals surface area (Å²) in [6.45, 7) is 1.91. The van der Waals surface area contributed by atoms with Gasteiger partial charge < -0.3 is 13.6 Å². The van der Waals surface area contributed by atoms with E-state index in [1.807, 2.05) is 25.1 Å². The van der Waals surface area contributed by atoms with Crippen LogP contribution in [0.4, 0.5) is 5.69 Å². The van der Waals surface area contributed by atoms with E-state index in [2.05, 4.69) is 4.98 Å². The second kappa shape index (κ2) is 7.59. The molecule has 0 radical (unpaired) electrons. The van der Waals surface area contributed by atoms with Gasteiger partial charge >= 0.3 is 5.97 Å². The molecule has 0 bridgehead atoms. The molecule has 0 aliphatic carbocycles. The number of fused-ring (bicyclic) bond motifs is 1. The third kappa shape index (κ3) is 4.01. The summed E-state index contributed by atoms with van der Waals surface area (Å²) >= 11 is 0. The zero-order chi connectivity index (χ0) is 20.4. The van der Waals surface area contributed by atoms with Crippen molar-refractivity contribution in [1.29, 1.82) is 0 Å². The van der Waals surface area contributed by atoms with Crippen molar-refractivity contribution in [3.05, 3.63) is 81.9 Å². The zero-order valence-corrected chi connectivity index (χ0v) is 15.5. The van der Waals surface area contributed by atoms with Gasteiger partial charge in [-0.2, -0.15) is 0 Å². The minimum absolute atomic E-state index is 0.0172. The van der Waals surface area contributed by atoms with E-state index in [1.165, 1.54) is 18.3 Å². The number of aryl methyl sites for hydroxylation is 1. The van der Waals surface area contributed by atoms with E-state index < -0.39 is 10.9 Å². The number of carbonyl (C=O) groups is 1. The van der Waals surface area contributed by atoms with Gasteiger partial charge in [-0.25, -0.2) is 4.98 Å². The van der Waals surface area contributed by atoms with Crippen LogP contribution in [0.5, 0.6) is 0 Å². The normalized spacial score (nSPS) is 10.9. The second-order valence-electron chi connectivity index (χ2n) is 6.53. The van der Waals surface area contributed by atoms with E-state index in [0.29, 0.717) is 17.2 Å². The summed E-state index contributed by atoms with van der Waals surface area (Å²) < 4.78 is 16.3. The Morgan fingerprint density at radius 3 is 2.76 bits per heavy atom. The first-order valence-electron chi connectivity index (χ1n) is 8.81. The van der Waals surface area contributed by atoms with Crippen molar-refractivity contribution in [3.8, 4) is 11.5 Å². The maximum atomic E-state index is 12.2. The maximum Gasteiger partial charge on any atom is 0.310 e. The number of esters is 1. The average Bonchev–Trinajstić information content (AvgIpc) is 3.33. The van der Waals surface area contributed by atoms with Gasteiger partial charge in [0.05, 0.1) is 23.8 Å². The lowest BCUT2D eigenvalue weighted by Crippen LogP contribution is -2.07. The number of non-ortho nitro benzene ring substituents is 1. The van der Waals surface area contributed by atoms with Gasteiger partial charge in [0, 0.05) is 28.6 Å². The molecule has 0 spiro atoms. The number of nitro benzene ring substituents is 1. The van der Waals surface area contributed by atoms with E-state index in [4.69, 9.17) is 13.6 Å². The van der Waals surface area contributed by atoms with Crippen LogP contribution >= 0.6 is 0 Å². The van der Waals surface area contributed by atoms with Crippen LogP contribution in [0.25, 0.3) is 22.4 Å². The second-order valence-corrected chi connectivity index (χ2v) is 6.53. The minimum atomic E-state index is -0.478. The van der Waals surface area contributed by atoms with Crippen LogP contribution < -0.4 is 0 Å². The SMILES string of the molecule is Cc1ccc2c(CC(=O)OCc3cnc(-c4ccc([N+](=O)[O-])cc4)o3)coc2c1. The maximum absolute atomic E-state index is 12.2. The number of furan rings is 1. The lowest BCUT2D eigenvalue weighted by atomic mass is 10.1. The van der Waals surface area contributed by atoms with Gasteiger partial charge in [-0.15, -0.1) is 0 Å². The third-order valence-electron chi connectivity index (χ3n) is 4.40. The van der Waals surface area contributed by atoms with Crippen LogP contribution in [0.1, 0.15) is 16.9 Å². The van der Waals surface area contributed by atoms with Crippen LogP contribution in [-0.2, 0) is 22.6 Å². The Balaban J connectivity index is 1.37.